The molecule has 6 nitrogen and oxygen atoms in total. The molecule has 0 aliphatic carbocycles. The lowest BCUT2D eigenvalue weighted by Crippen LogP contribution is -2.18. The van der Waals surface area contributed by atoms with Crippen LogP contribution in [-0.2, 0) is 13.1 Å². The Morgan fingerprint density at radius 1 is 1.04 bits per heavy atom. The molecule has 0 fully saturated rings. The molecular formula is C19H19N5O. The van der Waals surface area contributed by atoms with Gasteiger partial charge in [-0.25, -0.2) is 10.1 Å². The number of aromatic amines is 2. The van der Waals surface area contributed by atoms with E-state index in [0.29, 0.717) is 18.5 Å². The molecule has 126 valence electrons. The smallest absolute Gasteiger partial charge is 0.272 e. The highest BCUT2D eigenvalue weighted by molar-refractivity contribution is 5.83. The number of hydrogen-bond acceptors (Lipinski definition) is 4. The van der Waals surface area contributed by atoms with E-state index >= 15 is 0 Å². The Morgan fingerprint density at radius 2 is 1.84 bits per heavy atom. The molecule has 0 radical (unpaired) electrons. The fourth-order valence-electron chi connectivity index (χ4n) is 3.05. The molecule has 2 aromatic heterocycles. The number of fused-ring (bicyclic) bond motifs is 2. The summed E-state index contributed by atoms with van der Waals surface area (Å²) in [4.78, 5) is 19.9. The van der Waals surface area contributed by atoms with Crippen LogP contribution in [0.1, 0.15) is 22.6 Å². The second-order valence-electron chi connectivity index (χ2n) is 6.24. The lowest BCUT2D eigenvalue weighted by molar-refractivity contribution is 0.654. The quantitative estimate of drug-likeness (QED) is 0.536. The molecule has 0 aliphatic rings. The van der Waals surface area contributed by atoms with Crippen LogP contribution in [0, 0.1) is 13.8 Å². The number of imidazole rings is 1. The molecule has 0 aliphatic heterocycles. The largest absolute Gasteiger partial charge is 0.341 e. The van der Waals surface area contributed by atoms with Gasteiger partial charge in [-0.15, -0.1) is 0 Å². The van der Waals surface area contributed by atoms with E-state index in [1.165, 1.54) is 11.1 Å². The van der Waals surface area contributed by atoms with E-state index in [4.69, 9.17) is 0 Å². The van der Waals surface area contributed by atoms with Crippen molar-refractivity contribution in [2.75, 3.05) is 0 Å². The van der Waals surface area contributed by atoms with Crippen LogP contribution < -0.4 is 10.9 Å². The van der Waals surface area contributed by atoms with E-state index in [1.54, 1.807) is 0 Å². The van der Waals surface area contributed by atoms with Crippen LogP contribution in [0.2, 0.25) is 0 Å². The zero-order valence-corrected chi connectivity index (χ0v) is 14.2. The standard InChI is InChI=1S/C19H19N5O/c1-11-7-8-15-18(12(11)2)22-17(21-15)10-20-9-16-13-5-3-4-6-14(13)19(25)24-23-16/h3-8,20H,9-10H2,1-2H3,(H,21,22)(H,24,25). The van der Waals surface area contributed by atoms with Crippen molar-refractivity contribution in [3.63, 3.8) is 0 Å². The number of benzene rings is 2. The third kappa shape index (κ3) is 2.81. The third-order valence-corrected chi connectivity index (χ3v) is 4.59. The monoisotopic (exact) mass is 333 g/mol. The van der Waals surface area contributed by atoms with Crippen LogP contribution in [0.4, 0.5) is 0 Å². The summed E-state index contributed by atoms with van der Waals surface area (Å²) in [5, 5.41) is 11.6. The lowest BCUT2D eigenvalue weighted by Gasteiger charge is -2.05. The number of H-pyrrole nitrogens is 2. The molecule has 0 bridgehead atoms. The first-order valence-electron chi connectivity index (χ1n) is 8.25. The van der Waals surface area contributed by atoms with Gasteiger partial charge in [-0.1, -0.05) is 24.3 Å². The van der Waals surface area contributed by atoms with Crippen molar-refractivity contribution < 1.29 is 0 Å². The lowest BCUT2D eigenvalue weighted by atomic mass is 10.1. The maximum Gasteiger partial charge on any atom is 0.272 e. The summed E-state index contributed by atoms with van der Waals surface area (Å²) in [6, 6.07) is 11.7. The van der Waals surface area contributed by atoms with Gasteiger partial charge in [-0.3, -0.25) is 4.79 Å². The molecule has 4 aromatic rings. The van der Waals surface area contributed by atoms with Crippen LogP contribution in [-0.4, -0.2) is 20.2 Å². The van der Waals surface area contributed by atoms with Gasteiger partial charge in [0.25, 0.3) is 5.56 Å². The van der Waals surface area contributed by atoms with E-state index in [2.05, 4.69) is 51.5 Å². The Balaban J connectivity index is 1.54. The van der Waals surface area contributed by atoms with Crippen LogP contribution in [0.5, 0.6) is 0 Å². The number of hydrogen-bond donors (Lipinski definition) is 3. The predicted molar refractivity (Wildman–Crippen MR) is 98.5 cm³/mol. The van der Waals surface area contributed by atoms with Gasteiger partial charge in [0, 0.05) is 11.9 Å². The third-order valence-electron chi connectivity index (χ3n) is 4.59. The van der Waals surface area contributed by atoms with Crippen molar-refractivity contribution in [3.05, 3.63) is 69.4 Å². The summed E-state index contributed by atoms with van der Waals surface area (Å²) in [5.41, 5.74) is 5.16. The molecule has 2 heterocycles. The van der Waals surface area contributed by atoms with E-state index in [9.17, 15) is 4.79 Å². The molecule has 25 heavy (non-hydrogen) atoms. The molecule has 3 N–H and O–H groups in total. The van der Waals surface area contributed by atoms with Gasteiger partial charge in [-0.2, -0.15) is 5.10 Å². The van der Waals surface area contributed by atoms with Crippen LogP contribution in [0.3, 0.4) is 0 Å². The zero-order chi connectivity index (χ0) is 17.4. The molecule has 0 amide bonds. The number of nitrogens with zero attached hydrogens (tertiary/aromatic N) is 2. The van der Waals surface area contributed by atoms with Crippen molar-refractivity contribution >= 4 is 21.8 Å². The van der Waals surface area contributed by atoms with E-state index in [0.717, 1.165) is 27.9 Å². The van der Waals surface area contributed by atoms with E-state index in [1.807, 2.05) is 24.3 Å². The minimum absolute atomic E-state index is 0.164. The summed E-state index contributed by atoms with van der Waals surface area (Å²) in [6.07, 6.45) is 0. The van der Waals surface area contributed by atoms with Crippen molar-refractivity contribution in [2.24, 2.45) is 0 Å². The fourth-order valence-corrected chi connectivity index (χ4v) is 3.05. The van der Waals surface area contributed by atoms with Gasteiger partial charge in [0.05, 0.1) is 28.7 Å². The van der Waals surface area contributed by atoms with E-state index < -0.39 is 0 Å². The number of rotatable bonds is 4. The zero-order valence-electron chi connectivity index (χ0n) is 14.2. The predicted octanol–water partition coefficient (Wildman–Crippen LogP) is 2.71. The summed E-state index contributed by atoms with van der Waals surface area (Å²) < 4.78 is 0. The molecule has 2 aromatic carbocycles. The average molecular weight is 333 g/mol. The van der Waals surface area contributed by atoms with Crippen molar-refractivity contribution in [1.82, 2.24) is 25.5 Å². The summed E-state index contributed by atoms with van der Waals surface area (Å²) in [7, 11) is 0. The molecule has 0 saturated heterocycles. The van der Waals surface area contributed by atoms with Gasteiger partial charge in [0.2, 0.25) is 0 Å². The van der Waals surface area contributed by atoms with Crippen molar-refractivity contribution in [1.29, 1.82) is 0 Å². The summed E-state index contributed by atoms with van der Waals surface area (Å²) in [6.45, 7) is 5.33. The van der Waals surface area contributed by atoms with Gasteiger partial charge in [0.15, 0.2) is 0 Å². The molecule has 4 rings (SSSR count). The molecule has 0 saturated carbocycles. The molecule has 0 unspecified atom stereocenters. The molecule has 0 spiro atoms. The van der Waals surface area contributed by atoms with Gasteiger partial charge in [0.1, 0.15) is 5.82 Å². The Labute approximate surface area is 144 Å². The molecule has 0 atom stereocenters. The van der Waals surface area contributed by atoms with Crippen LogP contribution >= 0.6 is 0 Å². The Bertz CT molecular complexity index is 1130. The van der Waals surface area contributed by atoms with Gasteiger partial charge < -0.3 is 10.3 Å². The highest BCUT2D eigenvalue weighted by atomic mass is 16.1. The van der Waals surface area contributed by atoms with Crippen LogP contribution in [0.15, 0.2) is 41.2 Å². The Hall–Kier alpha value is -2.99. The minimum Gasteiger partial charge on any atom is -0.341 e. The number of aryl methyl sites for hydroxylation is 2. The van der Waals surface area contributed by atoms with Gasteiger partial charge >= 0.3 is 0 Å². The first-order valence-corrected chi connectivity index (χ1v) is 8.25. The Kier molecular flexibility index (Phi) is 3.82. The summed E-state index contributed by atoms with van der Waals surface area (Å²) >= 11 is 0. The topological polar surface area (TPSA) is 86.5 Å². The minimum atomic E-state index is -0.164. The second kappa shape index (κ2) is 6.14. The second-order valence-corrected chi connectivity index (χ2v) is 6.24. The average Bonchev–Trinajstić information content (AvgIpc) is 3.04. The molecular weight excluding hydrogens is 314 g/mol. The highest BCUT2D eigenvalue weighted by Crippen LogP contribution is 2.19. The molecule has 6 heteroatoms. The van der Waals surface area contributed by atoms with Crippen molar-refractivity contribution in [2.45, 2.75) is 26.9 Å². The highest BCUT2D eigenvalue weighted by Gasteiger charge is 2.08. The number of nitrogens with one attached hydrogen (secondary N) is 3. The normalized spacial score (nSPS) is 11.4. The van der Waals surface area contributed by atoms with Gasteiger partial charge in [-0.05, 0) is 37.1 Å². The maximum atomic E-state index is 11.8. The van der Waals surface area contributed by atoms with Crippen molar-refractivity contribution in [3.8, 4) is 0 Å². The SMILES string of the molecule is Cc1ccc2[nH]c(CNCc3n[nH]c(=O)c4ccccc34)nc2c1C. The van der Waals surface area contributed by atoms with Crippen LogP contribution in [0.25, 0.3) is 21.8 Å². The first-order chi connectivity index (χ1) is 12.1. The summed E-state index contributed by atoms with van der Waals surface area (Å²) in [5.74, 6) is 0.887. The number of aromatic nitrogens is 4. The fraction of sp³-hybridized carbons (Fsp3) is 0.211. The van der Waals surface area contributed by atoms with E-state index in [-0.39, 0.29) is 5.56 Å². The first kappa shape index (κ1) is 15.5. The maximum absolute atomic E-state index is 11.8. The Morgan fingerprint density at radius 3 is 2.68 bits per heavy atom.